The van der Waals surface area contributed by atoms with Crippen molar-refractivity contribution in [2.75, 3.05) is 6.26 Å². The molecule has 0 atom stereocenters. The quantitative estimate of drug-likeness (QED) is 0.652. The van der Waals surface area contributed by atoms with Crippen molar-refractivity contribution >= 4 is 33.7 Å². The molecule has 3 rings (SSSR count). The summed E-state index contributed by atoms with van der Waals surface area (Å²) in [5.74, 6) is 0. The molecule has 16 heavy (non-hydrogen) atoms. The van der Waals surface area contributed by atoms with Gasteiger partial charge in [-0.2, -0.15) is 5.10 Å². The van der Waals surface area contributed by atoms with Gasteiger partial charge in [0.1, 0.15) is 0 Å². The minimum Gasteiger partial charge on any atom is -0.280 e. The molecule has 3 aromatic rings. The SMILES string of the molecule is CSc1c2ccccc2nc2n[nH]c(C)c12. The Morgan fingerprint density at radius 2 is 2.06 bits per heavy atom. The van der Waals surface area contributed by atoms with E-state index in [1.807, 2.05) is 25.1 Å². The Morgan fingerprint density at radius 3 is 2.88 bits per heavy atom. The lowest BCUT2D eigenvalue weighted by atomic mass is 10.1. The van der Waals surface area contributed by atoms with E-state index in [2.05, 4.69) is 27.5 Å². The number of aryl methyl sites for hydroxylation is 1. The summed E-state index contributed by atoms with van der Waals surface area (Å²) >= 11 is 1.75. The number of hydrogen-bond acceptors (Lipinski definition) is 3. The van der Waals surface area contributed by atoms with E-state index >= 15 is 0 Å². The summed E-state index contributed by atoms with van der Waals surface area (Å²) in [5.41, 5.74) is 2.89. The van der Waals surface area contributed by atoms with Crippen molar-refractivity contribution in [3.05, 3.63) is 30.0 Å². The lowest BCUT2D eigenvalue weighted by Crippen LogP contribution is -1.85. The topological polar surface area (TPSA) is 41.6 Å². The average molecular weight is 229 g/mol. The zero-order chi connectivity index (χ0) is 11.1. The van der Waals surface area contributed by atoms with Gasteiger partial charge in [0.15, 0.2) is 5.65 Å². The van der Waals surface area contributed by atoms with Crippen LogP contribution in [0.25, 0.3) is 21.9 Å². The number of rotatable bonds is 1. The van der Waals surface area contributed by atoms with E-state index in [4.69, 9.17) is 0 Å². The molecule has 2 aromatic heterocycles. The van der Waals surface area contributed by atoms with E-state index in [0.717, 1.165) is 22.2 Å². The summed E-state index contributed by atoms with van der Waals surface area (Å²) in [5, 5.41) is 9.57. The average Bonchev–Trinajstić information content (AvgIpc) is 2.68. The summed E-state index contributed by atoms with van der Waals surface area (Å²) < 4.78 is 0. The molecule has 0 fully saturated rings. The zero-order valence-electron chi connectivity index (χ0n) is 9.11. The number of nitrogens with one attached hydrogen (secondary N) is 1. The van der Waals surface area contributed by atoms with E-state index in [9.17, 15) is 0 Å². The van der Waals surface area contributed by atoms with E-state index in [-0.39, 0.29) is 0 Å². The molecule has 0 saturated heterocycles. The van der Waals surface area contributed by atoms with Crippen LogP contribution in [-0.2, 0) is 0 Å². The smallest absolute Gasteiger partial charge is 0.182 e. The molecule has 3 nitrogen and oxygen atoms in total. The maximum atomic E-state index is 4.55. The lowest BCUT2D eigenvalue weighted by Gasteiger charge is -2.04. The summed E-state index contributed by atoms with van der Waals surface area (Å²) in [6, 6.07) is 8.19. The molecular formula is C12H11N3S. The number of aromatic nitrogens is 3. The number of aromatic amines is 1. The summed E-state index contributed by atoms with van der Waals surface area (Å²) in [6.07, 6.45) is 2.09. The van der Waals surface area contributed by atoms with Crippen LogP contribution in [-0.4, -0.2) is 21.4 Å². The molecule has 0 unspecified atom stereocenters. The second-order valence-electron chi connectivity index (χ2n) is 3.71. The molecule has 80 valence electrons. The summed E-state index contributed by atoms with van der Waals surface area (Å²) in [4.78, 5) is 5.81. The van der Waals surface area contributed by atoms with Crippen molar-refractivity contribution in [2.45, 2.75) is 11.8 Å². The van der Waals surface area contributed by atoms with E-state index < -0.39 is 0 Å². The number of benzene rings is 1. The number of para-hydroxylation sites is 1. The van der Waals surface area contributed by atoms with Gasteiger partial charge in [0.2, 0.25) is 0 Å². The van der Waals surface area contributed by atoms with Gasteiger partial charge in [-0.15, -0.1) is 11.8 Å². The Labute approximate surface area is 97.3 Å². The Morgan fingerprint density at radius 1 is 1.25 bits per heavy atom. The van der Waals surface area contributed by atoms with Crippen LogP contribution in [0.5, 0.6) is 0 Å². The van der Waals surface area contributed by atoms with Gasteiger partial charge in [0.05, 0.1) is 10.9 Å². The molecule has 0 aliphatic rings. The summed E-state index contributed by atoms with van der Waals surface area (Å²) in [7, 11) is 0. The molecule has 0 bridgehead atoms. The van der Waals surface area contributed by atoms with Crippen molar-refractivity contribution in [1.82, 2.24) is 15.2 Å². The van der Waals surface area contributed by atoms with Crippen molar-refractivity contribution in [3.63, 3.8) is 0 Å². The number of H-pyrrole nitrogens is 1. The van der Waals surface area contributed by atoms with Gasteiger partial charge < -0.3 is 0 Å². The van der Waals surface area contributed by atoms with E-state index in [1.165, 1.54) is 10.3 Å². The highest BCUT2D eigenvalue weighted by molar-refractivity contribution is 7.99. The minimum atomic E-state index is 0.806. The highest BCUT2D eigenvalue weighted by Gasteiger charge is 2.12. The third-order valence-corrected chi connectivity index (χ3v) is 3.57. The molecule has 0 aliphatic heterocycles. The molecule has 0 radical (unpaired) electrons. The van der Waals surface area contributed by atoms with Crippen molar-refractivity contribution in [3.8, 4) is 0 Å². The lowest BCUT2D eigenvalue weighted by molar-refractivity contribution is 1.06. The van der Waals surface area contributed by atoms with Gasteiger partial charge >= 0.3 is 0 Å². The van der Waals surface area contributed by atoms with Crippen LogP contribution in [0.1, 0.15) is 5.69 Å². The van der Waals surface area contributed by atoms with Gasteiger partial charge in [0, 0.05) is 16.0 Å². The van der Waals surface area contributed by atoms with E-state index in [1.54, 1.807) is 11.8 Å². The monoisotopic (exact) mass is 229 g/mol. The molecular weight excluding hydrogens is 218 g/mol. The first-order valence-corrected chi connectivity index (χ1v) is 6.31. The number of nitrogens with zero attached hydrogens (tertiary/aromatic N) is 2. The number of pyridine rings is 1. The van der Waals surface area contributed by atoms with Gasteiger partial charge in [-0.1, -0.05) is 18.2 Å². The maximum absolute atomic E-state index is 4.55. The predicted molar refractivity (Wildman–Crippen MR) is 67.9 cm³/mol. The minimum absolute atomic E-state index is 0.806. The van der Waals surface area contributed by atoms with Gasteiger partial charge in [-0.05, 0) is 19.2 Å². The molecule has 1 aromatic carbocycles. The third-order valence-electron chi connectivity index (χ3n) is 2.73. The van der Waals surface area contributed by atoms with Crippen molar-refractivity contribution in [2.24, 2.45) is 0 Å². The largest absolute Gasteiger partial charge is 0.280 e. The fourth-order valence-electron chi connectivity index (χ4n) is 1.99. The van der Waals surface area contributed by atoms with Crippen molar-refractivity contribution < 1.29 is 0 Å². The highest BCUT2D eigenvalue weighted by atomic mass is 32.2. The Balaban J connectivity index is 2.59. The van der Waals surface area contributed by atoms with Crippen LogP contribution in [0.4, 0.5) is 0 Å². The molecule has 1 N–H and O–H groups in total. The van der Waals surface area contributed by atoms with Gasteiger partial charge in [-0.3, -0.25) is 5.10 Å². The van der Waals surface area contributed by atoms with E-state index in [0.29, 0.717) is 0 Å². The molecule has 2 heterocycles. The molecule has 0 amide bonds. The molecule has 4 heteroatoms. The Bertz CT molecular complexity index is 672. The first kappa shape index (κ1) is 9.66. The fraction of sp³-hybridized carbons (Fsp3) is 0.167. The maximum Gasteiger partial charge on any atom is 0.182 e. The molecule has 0 saturated carbocycles. The predicted octanol–water partition coefficient (Wildman–Crippen LogP) is 3.14. The standard InChI is InChI=1S/C12H11N3S/c1-7-10-11(16-2)8-5-3-4-6-9(8)13-12(10)15-14-7/h3-6H,1-2H3,(H,13,14,15). The van der Waals surface area contributed by atoms with Crippen LogP contribution in [0.3, 0.4) is 0 Å². The van der Waals surface area contributed by atoms with Gasteiger partial charge in [-0.25, -0.2) is 4.98 Å². The third kappa shape index (κ3) is 1.23. The van der Waals surface area contributed by atoms with Crippen LogP contribution in [0.2, 0.25) is 0 Å². The van der Waals surface area contributed by atoms with Crippen LogP contribution in [0.15, 0.2) is 29.2 Å². The fourth-order valence-corrected chi connectivity index (χ4v) is 2.83. The van der Waals surface area contributed by atoms with Crippen LogP contribution >= 0.6 is 11.8 Å². The number of hydrogen-bond donors (Lipinski definition) is 1. The second kappa shape index (κ2) is 3.49. The summed E-state index contributed by atoms with van der Waals surface area (Å²) in [6.45, 7) is 2.03. The zero-order valence-corrected chi connectivity index (χ0v) is 9.93. The van der Waals surface area contributed by atoms with Crippen LogP contribution < -0.4 is 0 Å². The molecule has 0 spiro atoms. The Hall–Kier alpha value is -1.55. The normalized spacial score (nSPS) is 11.4. The second-order valence-corrected chi connectivity index (χ2v) is 4.53. The highest BCUT2D eigenvalue weighted by Crippen LogP contribution is 2.33. The Kier molecular flexibility index (Phi) is 2.11. The van der Waals surface area contributed by atoms with Crippen LogP contribution in [0, 0.1) is 6.92 Å². The number of thioether (sulfide) groups is 1. The van der Waals surface area contributed by atoms with Crippen molar-refractivity contribution in [1.29, 1.82) is 0 Å². The number of fused-ring (bicyclic) bond motifs is 2. The molecule has 0 aliphatic carbocycles. The van der Waals surface area contributed by atoms with Gasteiger partial charge in [0.25, 0.3) is 0 Å². The first-order chi connectivity index (χ1) is 7.81. The first-order valence-electron chi connectivity index (χ1n) is 5.08.